The summed E-state index contributed by atoms with van der Waals surface area (Å²) in [5, 5.41) is 12.4. The van der Waals surface area contributed by atoms with E-state index < -0.39 is 11.5 Å². The average Bonchev–Trinajstić information content (AvgIpc) is 2.43. The third kappa shape index (κ3) is 3.06. The lowest BCUT2D eigenvalue weighted by molar-refractivity contribution is -0.144. The molecule has 0 heterocycles. The number of ether oxygens (including phenoxy) is 2. The van der Waals surface area contributed by atoms with E-state index in [0.29, 0.717) is 23.6 Å². The zero-order valence-electron chi connectivity index (χ0n) is 11.4. The Kier molecular flexibility index (Phi) is 4.94. The first-order chi connectivity index (χ1) is 8.99. The van der Waals surface area contributed by atoms with Crippen LogP contribution in [0.1, 0.15) is 12.5 Å². The molecule has 0 radical (unpaired) electrons. The van der Waals surface area contributed by atoms with E-state index in [0.717, 1.165) is 0 Å². The predicted molar refractivity (Wildman–Crippen MR) is 72.7 cm³/mol. The van der Waals surface area contributed by atoms with Crippen LogP contribution < -0.4 is 14.8 Å². The molecule has 104 valence electrons. The molecule has 0 aliphatic carbocycles. The molecule has 1 unspecified atom stereocenters. The van der Waals surface area contributed by atoms with Crippen LogP contribution in [-0.4, -0.2) is 31.8 Å². The Bertz CT molecular complexity index is 473. The van der Waals surface area contributed by atoms with Crippen LogP contribution >= 0.6 is 0 Å². The molecule has 19 heavy (non-hydrogen) atoms. The summed E-state index contributed by atoms with van der Waals surface area (Å²) < 4.78 is 10.3. The number of benzene rings is 1. The highest BCUT2D eigenvalue weighted by Gasteiger charge is 2.35. The Morgan fingerprint density at radius 3 is 2.53 bits per heavy atom. The maximum Gasteiger partial charge on any atom is 0.328 e. The molecule has 5 heteroatoms. The highest BCUT2D eigenvalue weighted by Crippen LogP contribution is 2.32. The number of aliphatic carboxylic acids is 1. The first-order valence-electron chi connectivity index (χ1n) is 5.81. The molecular formula is C14H19NO4. The van der Waals surface area contributed by atoms with E-state index in [1.807, 2.05) is 0 Å². The van der Waals surface area contributed by atoms with E-state index in [9.17, 15) is 9.90 Å². The number of hydrogen-bond donors (Lipinski definition) is 2. The molecule has 0 spiro atoms. The van der Waals surface area contributed by atoms with E-state index >= 15 is 0 Å². The van der Waals surface area contributed by atoms with E-state index in [2.05, 4.69) is 11.9 Å². The highest BCUT2D eigenvalue weighted by atomic mass is 16.5. The monoisotopic (exact) mass is 265 g/mol. The summed E-state index contributed by atoms with van der Waals surface area (Å²) in [6.45, 7) is 5.56. The van der Waals surface area contributed by atoms with Gasteiger partial charge in [-0.2, -0.15) is 0 Å². The third-order valence-corrected chi connectivity index (χ3v) is 2.99. The number of hydrogen-bond acceptors (Lipinski definition) is 4. The molecule has 0 saturated carbocycles. The van der Waals surface area contributed by atoms with Gasteiger partial charge in [-0.05, 0) is 24.6 Å². The number of rotatable bonds is 7. The first-order valence-corrected chi connectivity index (χ1v) is 5.81. The first kappa shape index (κ1) is 15.0. The fourth-order valence-electron chi connectivity index (χ4n) is 1.72. The second-order valence-corrected chi connectivity index (χ2v) is 4.17. The minimum Gasteiger partial charge on any atom is -0.493 e. The lowest BCUT2D eigenvalue weighted by Crippen LogP contribution is -2.46. The zero-order chi connectivity index (χ0) is 14.5. The summed E-state index contributed by atoms with van der Waals surface area (Å²) in [6, 6.07) is 5.04. The minimum atomic E-state index is -1.21. The van der Waals surface area contributed by atoms with Gasteiger partial charge in [0, 0.05) is 6.54 Å². The molecule has 1 rings (SSSR count). The molecule has 5 nitrogen and oxygen atoms in total. The van der Waals surface area contributed by atoms with Crippen LogP contribution in [0.25, 0.3) is 0 Å². The van der Waals surface area contributed by atoms with Crippen LogP contribution in [0.4, 0.5) is 0 Å². The van der Waals surface area contributed by atoms with Gasteiger partial charge in [0.1, 0.15) is 5.54 Å². The largest absolute Gasteiger partial charge is 0.493 e. The molecule has 0 bridgehead atoms. The van der Waals surface area contributed by atoms with Crippen LogP contribution in [0.15, 0.2) is 30.9 Å². The topological polar surface area (TPSA) is 67.8 Å². The van der Waals surface area contributed by atoms with Crippen molar-refractivity contribution in [1.29, 1.82) is 0 Å². The van der Waals surface area contributed by atoms with Crippen molar-refractivity contribution in [1.82, 2.24) is 5.32 Å². The van der Waals surface area contributed by atoms with Gasteiger partial charge in [-0.1, -0.05) is 12.1 Å². The zero-order valence-corrected chi connectivity index (χ0v) is 11.4. The third-order valence-electron chi connectivity index (χ3n) is 2.99. The molecular weight excluding hydrogens is 246 g/mol. The Balaban J connectivity index is 3.23. The molecule has 1 atom stereocenters. The molecule has 0 fully saturated rings. The summed E-state index contributed by atoms with van der Waals surface area (Å²) in [4.78, 5) is 11.5. The highest BCUT2D eigenvalue weighted by molar-refractivity contribution is 5.80. The van der Waals surface area contributed by atoms with E-state index in [1.165, 1.54) is 14.2 Å². The summed E-state index contributed by atoms with van der Waals surface area (Å²) in [5.41, 5.74) is -0.632. The Hall–Kier alpha value is -2.01. The predicted octanol–water partition coefficient (Wildman–Crippen LogP) is 1.78. The Morgan fingerprint density at radius 1 is 1.42 bits per heavy atom. The van der Waals surface area contributed by atoms with Crippen LogP contribution in [0.5, 0.6) is 11.5 Å². The van der Waals surface area contributed by atoms with Gasteiger partial charge in [0.2, 0.25) is 0 Å². The summed E-state index contributed by atoms with van der Waals surface area (Å²) >= 11 is 0. The molecule has 2 N–H and O–H groups in total. The average molecular weight is 265 g/mol. The number of carbonyl (C=O) groups is 1. The lowest BCUT2D eigenvalue weighted by Gasteiger charge is -2.27. The second kappa shape index (κ2) is 6.24. The maximum atomic E-state index is 11.5. The van der Waals surface area contributed by atoms with Crippen LogP contribution in [0.2, 0.25) is 0 Å². The second-order valence-electron chi connectivity index (χ2n) is 4.17. The van der Waals surface area contributed by atoms with Crippen molar-refractivity contribution in [2.75, 3.05) is 20.8 Å². The molecule has 0 aromatic heterocycles. The van der Waals surface area contributed by atoms with Gasteiger partial charge in [-0.15, -0.1) is 6.58 Å². The fraction of sp³-hybridized carbons (Fsp3) is 0.357. The van der Waals surface area contributed by atoms with Crippen LogP contribution in [0, 0.1) is 0 Å². The summed E-state index contributed by atoms with van der Waals surface area (Å²) in [5.74, 6) is 0.0807. The Morgan fingerprint density at radius 2 is 2.05 bits per heavy atom. The van der Waals surface area contributed by atoms with E-state index in [1.54, 1.807) is 31.2 Å². The molecule has 0 amide bonds. The van der Waals surface area contributed by atoms with Gasteiger partial charge in [0.25, 0.3) is 0 Å². The van der Waals surface area contributed by atoms with Gasteiger partial charge in [0.05, 0.1) is 14.2 Å². The van der Waals surface area contributed by atoms with Crippen molar-refractivity contribution in [3.05, 3.63) is 36.4 Å². The normalized spacial score (nSPS) is 13.4. The molecule has 1 aromatic carbocycles. The lowest BCUT2D eigenvalue weighted by atomic mass is 9.91. The summed E-state index contributed by atoms with van der Waals surface area (Å²) in [7, 11) is 3.04. The van der Waals surface area contributed by atoms with E-state index in [4.69, 9.17) is 9.47 Å². The molecule has 0 aliphatic rings. The van der Waals surface area contributed by atoms with Crippen molar-refractivity contribution >= 4 is 5.97 Å². The fourth-order valence-corrected chi connectivity index (χ4v) is 1.72. The van der Waals surface area contributed by atoms with Crippen molar-refractivity contribution < 1.29 is 19.4 Å². The number of methoxy groups -OCH3 is 2. The minimum absolute atomic E-state index is 0.386. The van der Waals surface area contributed by atoms with Gasteiger partial charge in [0.15, 0.2) is 11.5 Å². The van der Waals surface area contributed by atoms with Crippen molar-refractivity contribution in [2.24, 2.45) is 0 Å². The van der Waals surface area contributed by atoms with Crippen LogP contribution in [0.3, 0.4) is 0 Å². The molecule has 1 aromatic rings. The van der Waals surface area contributed by atoms with Crippen molar-refractivity contribution in [3.63, 3.8) is 0 Å². The Labute approximate surface area is 112 Å². The smallest absolute Gasteiger partial charge is 0.328 e. The number of carboxylic acid groups (broad SMARTS) is 1. The van der Waals surface area contributed by atoms with Gasteiger partial charge in [-0.25, -0.2) is 4.79 Å². The maximum absolute atomic E-state index is 11.5. The van der Waals surface area contributed by atoms with Crippen molar-refractivity contribution in [2.45, 2.75) is 12.5 Å². The van der Waals surface area contributed by atoms with Gasteiger partial charge < -0.3 is 14.6 Å². The standard InChI is InChI=1S/C14H19NO4/c1-5-8-15-14(2,13(16)17)10-6-7-11(18-3)12(9-10)19-4/h5-7,9,15H,1,8H2,2-4H3,(H,16,17). The van der Waals surface area contributed by atoms with Crippen LogP contribution in [-0.2, 0) is 10.3 Å². The van der Waals surface area contributed by atoms with Gasteiger partial charge in [-0.3, -0.25) is 5.32 Å². The number of nitrogens with one attached hydrogen (secondary N) is 1. The number of carboxylic acids is 1. The SMILES string of the molecule is C=CCNC(C)(C(=O)O)c1ccc(OC)c(OC)c1. The quantitative estimate of drug-likeness (QED) is 0.736. The molecule has 0 saturated heterocycles. The van der Waals surface area contributed by atoms with E-state index in [-0.39, 0.29) is 0 Å². The summed E-state index contributed by atoms with van der Waals surface area (Å²) in [6.07, 6.45) is 1.61. The van der Waals surface area contributed by atoms with Crippen molar-refractivity contribution in [3.8, 4) is 11.5 Å². The van der Waals surface area contributed by atoms with Gasteiger partial charge >= 0.3 is 5.97 Å². The molecule has 0 aliphatic heterocycles.